The van der Waals surface area contributed by atoms with Crippen LogP contribution in [0.2, 0.25) is 5.04 Å². The Bertz CT molecular complexity index is 958. The van der Waals surface area contributed by atoms with Crippen LogP contribution in [0.5, 0.6) is 0 Å². The summed E-state index contributed by atoms with van der Waals surface area (Å²) in [6.07, 6.45) is 7.44. The van der Waals surface area contributed by atoms with Crippen molar-refractivity contribution in [2.75, 3.05) is 20.8 Å². The minimum atomic E-state index is -2.56. The molecule has 1 aliphatic carbocycles. The van der Waals surface area contributed by atoms with E-state index < -0.39 is 8.32 Å². The number of hydrogen-bond acceptors (Lipinski definition) is 3. The Kier molecular flexibility index (Phi) is 8.34. The van der Waals surface area contributed by atoms with Gasteiger partial charge in [0.15, 0.2) is 0 Å². The van der Waals surface area contributed by atoms with Crippen LogP contribution >= 0.6 is 0 Å². The lowest BCUT2D eigenvalue weighted by atomic mass is 9.77. The largest absolute Gasteiger partial charge is 0.407 e. The molecule has 0 heterocycles. The van der Waals surface area contributed by atoms with Gasteiger partial charge < -0.3 is 4.43 Å². The van der Waals surface area contributed by atoms with E-state index in [1.54, 1.807) is 7.05 Å². The topological polar surface area (TPSA) is 38.8 Å². The van der Waals surface area contributed by atoms with E-state index in [1.807, 2.05) is 12.2 Å². The fraction of sp³-hybridized carbons (Fsp3) is 0.414. The molecule has 1 unspecified atom stereocenters. The number of carbonyl (C=O) groups excluding carboxylic acids is 1. The van der Waals surface area contributed by atoms with Gasteiger partial charge in [-0.2, -0.15) is 0 Å². The zero-order valence-electron chi connectivity index (χ0n) is 21.3. The van der Waals surface area contributed by atoms with Crippen LogP contribution in [0.1, 0.15) is 46.5 Å². The van der Waals surface area contributed by atoms with Crippen molar-refractivity contribution in [3.8, 4) is 0 Å². The Labute approximate surface area is 206 Å². The standard InChI is InChI=1S/C29H39NO3Si/c1-7-29(21-14-20-26(29)27(31)30(5)32-6)22-15-23-33-34(28(2,3)4,24-16-10-8-11-17-24)25-18-12-9-13-19-25/h7-13,16-20H,1,14-15,21-23H2,2-6H3. The highest BCUT2D eigenvalue weighted by molar-refractivity contribution is 6.99. The average molecular weight is 478 g/mol. The number of likely N-dealkylation sites (N-methyl/N-ethyl adjacent to an activating group) is 1. The molecule has 0 aliphatic heterocycles. The van der Waals surface area contributed by atoms with Gasteiger partial charge in [-0.25, -0.2) is 5.06 Å². The molecule has 1 aliphatic rings. The number of rotatable bonds is 10. The van der Waals surface area contributed by atoms with Gasteiger partial charge in [-0.15, -0.1) is 6.58 Å². The highest BCUT2D eigenvalue weighted by Gasteiger charge is 2.50. The highest BCUT2D eigenvalue weighted by atomic mass is 28.4. The predicted octanol–water partition coefficient (Wildman–Crippen LogP) is 5.26. The van der Waals surface area contributed by atoms with E-state index in [0.29, 0.717) is 6.61 Å². The SMILES string of the molecule is C=CC1(CCCO[Si](c2ccccc2)(c2ccccc2)C(C)(C)C)CCC=C1C(=O)N(C)OC. The molecule has 4 nitrogen and oxygen atoms in total. The average Bonchev–Trinajstić information content (AvgIpc) is 3.27. The van der Waals surface area contributed by atoms with Crippen molar-refractivity contribution in [1.29, 1.82) is 0 Å². The van der Waals surface area contributed by atoms with E-state index in [9.17, 15) is 4.79 Å². The summed E-state index contributed by atoms with van der Waals surface area (Å²) in [5.41, 5.74) is 0.455. The van der Waals surface area contributed by atoms with Gasteiger partial charge in [0.05, 0.1) is 7.11 Å². The molecule has 0 N–H and O–H groups in total. The molecule has 0 spiro atoms. The van der Waals surface area contributed by atoms with Gasteiger partial charge >= 0.3 is 0 Å². The minimum absolute atomic E-state index is 0.0542. The molecule has 2 aromatic rings. The Morgan fingerprint density at radius 2 is 1.65 bits per heavy atom. The molecule has 182 valence electrons. The summed E-state index contributed by atoms with van der Waals surface area (Å²) in [6.45, 7) is 11.6. The van der Waals surface area contributed by atoms with Crippen LogP contribution in [0.15, 0.2) is 85.0 Å². The molecule has 3 rings (SSSR count). The van der Waals surface area contributed by atoms with Crippen LogP contribution in [-0.2, 0) is 14.1 Å². The molecule has 5 heteroatoms. The number of amides is 1. The number of benzene rings is 2. The maximum Gasteiger partial charge on any atom is 0.273 e. The van der Waals surface area contributed by atoms with Crippen LogP contribution in [0.25, 0.3) is 0 Å². The molecule has 1 atom stereocenters. The Hall–Kier alpha value is -2.47. The first-order valence-corrected chi connectivity index (χ1v) is 14.0. The molecule has 0 fully saturated rings. The molecule has 0 radical (unpaired) electrons. The maximum atomic E-state index is 12.9. The smallest absolute Gasteiger partial charge is 0.273 e. The summed E-state index contributed by atoms with van der Waals surface area (Å²) in [6, 6.07) is 21.4. The van der Waals surface area contributed by atoms with Crippen molar-refractivity contribution < 1.29 is 14.1 Å². The van der Waals surface area contributed by atoms with E-state index in [1.165, 1.54) is 22.5 Å². The Morgan fingerprint density at radius 3 is 2.12 bits per heavy atom. The van der Waals surface area contributed by atoms with Crippen molar-refractivity contribution in [1.82, 2.24) is 5.06 Å². The summed E-state index contributed by atoms with van der Waals surface area (Å²) in [4.78, 5) is 18.1. The first-order chi connectivity index (χ1) is 16.2. The van der Waals surface area contributed by atoms with E-state index in [4.69, 9.17) is 9.26 Å². The quantitative estimate of drug-likeness (QED) is 0.203. The third-order valence-electron chi connectivity index (χ3n) is 7.16. The third-order valence-corrected chi connectivity index (χ3v) is 12.2. The number of allylic oxidation sites excluding steroid dienone is 2. The predicted molar refractivity (Wildman–Crippen MR) is 143 cm³/mol. The molecule has 0 saturated carbocycles. The minimum Gasteiger partial charge on any atom is -0.407 e. The molecular weight excluding hydrogens is 438 g/mol. The fourth-order valence-electron chi connectivity index (χ4n) is 5.31. The van der Waals surface area contributed by atoms with Gasteiger partial charge in [0.25, 0.3) is 14.2 Å². The van der Waals surface area contributed by atoms with Crippen molar-refractivity contribution in [3.05, 3.63) is 85.0 Å². The van der Waals surface area contributed by atoms with Gasteiger partial charge in [-0.05, 0) is 41.1 Å². The normalized spacial score (nSPS) is 18.4. The van der Waals surface area contributed by atoms with Crippen LogP contribution < -0.4 is 10.4 Å². The molecule has 0 aromatic heterocycles. The zero-order chi connectivity index (χ0) is 24.8. The van der Waals surface area contributed by atoms with E-state index >= 15 is 0 Å². The second-order valence-corrected chi connectivity index (χ2v) is 14.4. The van der Waals surface area contributed by atoms with Crippen LogP contribution in [0, 0.1) is 5.41 Å². The van der Waals surface area contributed by atoms with Gasteiger partial charge in [0.2, 0.25) is 0 Å². The first-order valence-electron chi connectivity index (χ1n) is 12.1. The summed E-state index contributed by atoms with van der Waals surface area (Å²) >= 11 is 0. The summed E-state index contributed by atoms with van der Waals surface area (Å²) in [7, 11) is 0.610. The Morgan fingerprint density at radius 1 is 1.09 bits per heavy atom. The molecular formula is C29H39NO3Si. The molecule has 34 heavy (non-hydrogen) atoms. The van der Waals surface area contributed by atoms with Crippen molar-refractivity contribution in [2.45, 2.75) is 51.5 Å². The molecule has 1 amide bonds. The number of nitrogens with zero attached hydrogens (tertiary/aromatic N) is 1. The van der Waals surface area contributed by atoms with Crippen molar-refractivity contribution in [2.24, 2.45) is 5.41 Å². The van der Waals surface area contributed by atoms with Gasteiger partial charge in [-0.3, -0.25) is 9.63 Å². The lowest BCUT2D eigenvalue weighted by Crippen LogP contribution is -2.66. The number of hydrogen-bond donors (Lipinski definition) is 0. The van der Waals surface area contributed by atoms with Crippen molar-refractivity contribution in [3.63, 3.8) is 0 Å². The molecule has 0 saturated heterocycles. The third kappa shape index (κ3) is 4.97. The van der Waals surface area contributed by atoms with Crippen LogP contribution in [-0.4, -0.2) is 40.1 Å². The summed E-state index contributed by atoms with van der Waals surface area (Å²) in [5.74, 6) is -0.0900. The molecule has 2 aromatic carbocycles. The number of hydroxylamine groups is 2. The summed E-state index contributed by atoms with van der Waals surface area (Å²) in [5, 5.41) is 3.81. The maximum absolute atomic E-state index is 12.9. The van der Waals surface area contributed by atoms with Gasteiger partial charge in [0.1, 0.15) is 0 Å². The number of carbonyl (C=O) groups is 1. The second kappa shape index (κ2) is 10.9. The van der Waals surface area contributed by atoms with Gasteiger partial charge in [0, 0.05) is 24.6 Å². The second-order valence-electron chi connectivity index (χ2n) is 10.1. The fourth-order valence-corrected chi connectivity index (χ4v) is 9.92. The van der Waals surface area contributed by atoms with Gasteiger partial charge in [-0.1, -0.05) is 93.6 Å². The van der Waals surface area contributed by atoms with E-state index in [2.05, 4.69) is 88.0 Å². The summed E-state index contributed by atoms with van der Waals surface area (Å²) < 4.78 is 7.05. The molecule has 0 bridgehead atoms. The van der Waals surface area contributed by atoms with Crippen LogP contribution in [0.3, 0.4) is 0 Å². The van der Waals surface area contributed by atoms with E-state index in [0.717, 1.165) is 31.3 Å². The highest BCUT2D eigenvalue weighted by Crippen LogP contribution is 2.45. The Balaban J connectivity index is 1.85. The van der Waals surface area contributed by atoms with Crippen LogP contribution in [0.4, 0.5) is 0 Å². The lowest BCUT2D eigenvalue weighted by Gasteiger charge is -2.43. The van der Waals surface area contributed by atoms with E-state index in [-0.39, 0.29) is 16.4 Å². The monoisotopic (exact) mass is 477 g/mol. The van der Waals surface area contributed by atoms with Crippen molar-refractivity contribution >= 4 is 24.6 Å². The zero-order valence-corrected chi connectivity index (χ0v) is 22.3. The lowest BCUT2D eigenvalue weighted by molar-refractivity contribution is -0.165. The first kappa shape index (κ1) is 26.1.